The summed E-state index contributed by atoms with van der Waals surface area (Å²) >= 11 is 0. The Kier molecular flexibility index (Phi) is 9.49. The van der Waals surface area contributed by atoms with Crippen LogP contribution < -0.4 is 11.2 Å². The summed E-state index contributed by atoms with van der Waals surface area (Å²) in [6.07, 6.45) is -7.29. The number of phosphoric ester groups is 1. The lowest BCUT2D eigenvalue weighted by Gasteiger charge is -2.25. The van der Waals surface area contributed by atoms with Gasteiger partial charge in [0, 0.05) is 12.3 Å². The van der Waals surface area contributed by atoms with Gasteiger partial charge < -0.3 is 43.4 Å². The smallest absolute Gasteiger partial charge is 0.426 e. The Morgan fingerprint density at radius 3 is 2.08 bits per heavy atom. The van der Waals surface area contributed by atoms with Crippen LogP contribution in [0.5, 0.6) is 0 Å². The fourth-order valence-electron chi connectivity index (χ4n) is 3.33. The van der Waals surface area contributed by atoms with E-state index in [9.17, 15) is 34.0 Å². The second-order valence-electron chi connectivity index (χ2n) is 8.56. The van der Waals surface area contributed by atoms with Crippen LogP contribution in [0.3, 0.4) is 0 Å². The first-order chi connectivity index (χ1) is 19.0. The first-order valence-corrected chi connectivity index (χ1v) is 13.0. The molecule has 1 aromatic rings. The molecule has 222 valence electrons. The van der Waals surface area contributed by atoms with Gasteiger partial charge in [0.2, 0.25) is 19.8 Å². The lowest BCUT2D eigenvalue weighted by molar-refractivity contribution is -0.125. The van der Waals surface area contributed by atoms with Gasteiger partial charge >= 0.3 is 25.8 Å². The highest BCUT2D eigenvalue weighted by molar-refractivity contribution is 7.48. The van der Waals surface area contributed by atoms with Crippen molar-refractivity contribution in [1.82, 2.24) is 9.55 Å². The minimum Gasteiger partial charge on any atom is -0.426 e. The first kappa shape index (κ1) is 30.0. The van der Waals surface area contributed by atoms with Gasteiger partial charge in [0.25, 0.3) is 11.2 Å². The summed E-state index contributed by atoms with van der Waals surface area (Å²) in [5.74, 6) is 0. The quantitative estimate of drug-likeness (QED) is 0.108. The van der Waals surface area contributed by atoms with E-state index in [1.165, 1.54) is 0 Å². The van der Waals surface area contributed by atoms with Gasteiger partial charge in [-0.1, -0.05) is 0 Å². The molecule has 40 heavy (non-hydrogen) atoms. The number of carbonyl (C=O) groups excluding carboxylic acids is 2. The number of aliphatic hydroxyl groups is 2. The normalized spacial score (nSPS) is 26.9. The highest BCUT2D eigenvalue weighted by atomic mass is 31.2. The maximum absolute atomic E-state index is 13.1. The predicted molar refractivity (Wildman–Crippen MR) is 121 cm³/mol. The highest BCUT2D eigenvalue weighted by Crippen LogP contribution is 2.50. The summed E-state index contributed by atoms with van der Waals surface area (Å²) in [6, 6.07) is 0.971. The number of nitrogens with one attached hydrogen (secondary N) is 1. The lowest BCUT2D eigenvalue weighted by Crippen LogP contribution is -2.47. The van der Waals surface area contributed by atoms with Gasteiger partial charge in [-0.3, -0.25) is 18.9 Å². The maximum Gasteiger partial charge on any atom is 0.510 e. The molecular weight excluding hydrogens is 571 g/mol. The van der Waals surface area contributed by atoms with Crippen molar-refractivity contribution in [2.24, 2.45) is 0 Å². The van der Waals surface area contributed by atoms with E-state index >= 15 is 0 Å². The molecule has 0 saturated carbocycles. The molecule has 20 heteroatoms. The van der Waals surface area contributed by atoms with Gasteiger partial charge in [-0.05, 0) is 0 Å². The fourth-order valence-corrected chi connectivity index (χ4v) is 4.25. The molecule has 3 fully saturated rings. The van der Waals surface area contributed by atoms with E-state index in [4.69, 9.17) is 37.3 Å². The third kappa shape index (κ3) is 7.39. The van der Waals surface area contributed by atoms with Crippen molar-refractivity contribution in [1.29, 1.82) is 0 Å². The number of hydrogen-bond acceptors (Lipinski definition) is 17. The van der Waals surface area contributed by atoms with E-state index in [1.807, 2.05) is 4.98 Å². The summed E-state index contributed by atoms with van der Waals surface area (Å²) in [4.78, 5) is 48.8. The molecule has 3 aliphatic rings. The number of ether oxygens (including phenoxy) is 7. The van der Waals surface area contributed by atoms with Gasteiger partial charge in [-0.15, -0.1) is 0 Å². The SMILES string of the molecule is [CH2+]C1(O)C(O)C(COP(=O)(OCOC(=O)OC2COC2)OCOC(=O)OC2COC2)OC1n1ccc(=O)[nH]c1=O. The molecule has 4 rings (SSSR count). The fraction of sp³-hybridized carbons (Fsp3) is 0.650. The van der Waals surface area contributed by atoms with Crippen LogP contribution in [0, 0.1) is 6.92 Å². The molecule has 3 aliphatic heterocycles. The number of rotatable bonds is 12. The number of aliphatic hydroxyl groups excluding tert-OH is 1. The Balaban J connectivity index is 1.36. The van der Waals surface area contributed by atoms with Crippen LogP contribution in [-0.4, -0.2) is 109 Å². The largest absolute Gasteiger partial charge is 0.510 e. The number of hydrogen-bond donors (Lipinski definition) is 3. The third-order valence-electron chi connectivity index (χ3n) is 5.61. The molecule has 19 nitrogen and oxygen atoms in total. The van der Waals surface area contributed by atoms with E-state index in [-0.39, 0.29) is 26.4 Å². The van der Waals surface area contributed by atoms with Crippen molar-refractivity contribution in [3.63, 3.8) is 0 Å². The summed E-state index contributed by atoms with van der Waals surface area (Å²) in [5.41, 5.74) is -4.03. The topological polar surface area (TPSA) is 239 Å². The summed E-state index contributed by atoms with van der Waals surface area (Å²) in [6.45, 7) is 1.35. The molecule has 3 saturated heterocycles. The van der Waals surface area contributed by atoms with Crippen LogP contribution >= 0.6 is 7.82 Å². The van der Waals surface area contributed by atoms with E-state index in [1.54, 1.807) is 0 Å². The highest BCUT2D eigenvalue weighted by Gasteiger charge is 2.60. The second kappa shape index (κ2) is 12.7. The van der Waals surface area contributed by atoms with Crippen LogP contribution in [-0.2, 0) is 51.3 Å². The van der Waals surface area contributed by atoms with E-state index in [0.29, 0.717) is 0 Å². The van der Waals surface area contributed by atoms with E-state index < -0.39 is 87.8 Å². The average molecular weight is 597 g/mol. The van der Waals surface area contributed by atoms with Gasteiger partial charge in [-0.2, -0.15) is 0 Å². The van der Waals surface area contributed by atoms with Crippen LogP contribution in [0.4, 0.5) is 9.59 Å². The van der Waals surface area contributed by atoms with Crippen molar-refractivity contribution in [3.05, 3.63) is 40.0 Å². The van der Waals surface area contributed by atoms with Crippen molar-refractivity contribution in [3.8, 4) is 0 Å². The maximum atomic E-state index is 13.1. The Labute approximate surface area is 224 Å². The van der Waals surface area contributed by atoms with Crippen LogP contribution in [0.2, 0.25) is 0 Å². The molecule has 0 radical (unpaired) electrons. The van der Waals surface area contributed by atoms with E-state index in [0.717, 1.165) is 16.8 Å². The molecule has 3 N–H and O–H groups in total. The summed E-state index contributed by atoms with van der Waals surface area (Å²) < 4.78 is 63.1. The lowest BCUT2D eigenvalue weighted by atomic mass is 9.96. The summed E-state index contributed by atoms with van der Waals surface area (Å²) in [5, 5.41) is 21.2. The standard InChI is InChI=1S/C20H25N2O17P/c1-20(28)15(24)13(39-16(20)22-3-2-14(23)21-17(22)25)8-34-40(29,35-9-32-18(26)37-11-4-30-5-11)36-10-33-19(27)38-12-6-31-7-12/h2-3,11-13,15-16,24,28H,1,4-10H2/p+1. The van der Waals surface area contributed by atoms with Gasteiger partial charge in [0.05, 0.1) is 33.0 Å². The number of aromatic nitrogens is 2. The van der Waals surface area contributed by atoms with Gasteiger partial charge in [0.15, 0.2) is 18.3 Å². The van der Waals surface area contributed by atoms with Crippen molar-refractivity contribution in [2.75, 3.05) is 46.6 Å². The molecule has 0 bridgehead atoms. The number of phosphoric acid groups is 1. The third-order valence-corrected chi connectivity index (χ3v) is 6.92. The second-order valence-corrected chi connectivity index (χ2v) is 10.2. The van der Waals surface area contributed by atoms with Crippen LogP contribution in [0.25, 0.3) is 0 Å². The molecule has 0 aromatic carbocycles. The number of H-pyrrole nitrogens is 1. The van der Waals surface area contributed by atoms with Gasteiger partial charge in [-0.25, -0.2) is 28.0 Å². The Morgan fingerprint density at radius 2 is 1.60 bits per heavy atom. The van der Waals surface area contributed by atoms with Crippen molar-refractivity contribution < 1.29 is 71.1 Å². The molecule has 4 heterocycles. The van der Waals surface area contributed by atoms with Crippen LogP contribution in [0.1, 0.15) is 6.23 Å². The van der Waals surface area contributed by atoms with E-state index in [2.05, 4.69) is 16.4 Å². The molecular formula is C20H26N2O17P+. The molecule has 4 unspecified atom stereocenters. The van der Waals surface area contributed by atoms with Crippen molar-refractivity contribution >= 4 is 20.1 Å². The number of nitrogens with zero attached hydrogens (tertiary/aromatic N) is 1. The van der Waals surface area contributed by atoms with Crippen molar-refractivity contribution in [2.45, 2.75) is 36.2 Å². The monoisotopic (exact) mass is 597 g/mol. The molecule has 0 aliphatic carbocycles. The zero-order valence-electron chi connectivity index (χ0n) is 20.6. The van der Waals surface area contributed by atoms with Gasteiger partial charge in [0.1, 0.15) is 13.0 Å². The Morgan fingerprint density at radius 1 is 1.05 bits per heavy atom. The minimum absolute atomic E-state index is 0.176. The number of aromatic amines is 1. The zero-order valence-corrected chi connectivity index (χ0v) is 21.5. The minimum atomic E-state index is -4.74. The Hall–Kier alpha value is -3.00. The first-order valence-electron chi connectivity index (χ1n) is 11.6. The molecule has 4 atom stereocenters. The zero-order chi connectivity index (χ0) is 28.9. The predicted octanol–water partition coefficient (Wildman–Crippen LogP) is -1.46. The average Bonchev–Trinajstić information content (AvgIpc) is 3.06. The summed E-state index contributed by atoms with van der Waals surface area (Å²) in [7, 11) is -4.74. The molecule has 0 amide bonds. The Bertz CT molecular complexity index is 1170. The molecule has 0 spiro atoms. The number of carbonyl (C=O) groups is 2. The molecule has 1 aromatic heterocycles. The van der Waals surface area contributed by atoms with Crippen LogP contribution in [0.15, 0.2) is 21.9 Å².